The van der Waals surface area contributed by atoms with Gasteiger partial charge in [-0.2, -0.15) is 0 Å². The first-order valence-corrected chi connectivity index (χ1v) is 9.96. The number of methoxy groups -OCH3 is 1. The number of aromatic nitrogens is 1. The van der Waals surface area contributed by atoms with Crippen LogP contribution in [0.4, 0.5) is 0 Å². The summed E-state index contributed by atoms with van der Waals surface area (Å²) in [4.78, 5) is 25.0. The molecule has 3 aromatic rings. The van der Waals surface area contributed by atoms with Crippen LogP contribution in [0.5, 0.6) is 5.75 Å². The number of hydrogen-bond acceptors (Lipinski definition) is 4. The number of ether oxygens (including phenoxy) is 2. The van der Waals surface area contributed by atoms with Gasteiger partial charge >= 0.3 is 5.97 Å². The van der Waals surface area contributed by atoms with Gasteiger partial charge in [0.15, 0.2) is 6.61 Å². The molecule has 0 bridgehead atoms. The fourth-order valence-corrected chi connectivity index (χ4v) is 3.55. The van der Waals surface area contributed by atoms with Crippen molar-refractivity contribution in [1.82, 2.24) is 4.57 Å². The van der Waals surface area contributed by atoms with E-state index in [0.717, 1.165) is 35.7 Å². The first-order chi connectivity index (χ1) is 14.4. The summed E-state index contributed by atoms with van der Waals surface area (Å²) in [5, 5.41) is 0. The number of esters is 1. The van der Waals surface area contributed by atoms with E-state index in [-0.39, 0.29) is 12.4 Å². The van der Waals surface area contributed by atoms with Crippen molar-refractivity contribution in [3.05, 3.63) is 88.2 Å². The van der Waals surface area contributed by atoms with Crippen LogP contribution in [0.1, 0.15) is 43.2 Å². The van der Waals surface area contributed by atoms with E-state index in [4.69, 9.17) is 9.47 Å². The van der Waals surface area contributed by atoms with Crippen molar-refractivity contribution in [2.24, 2.45) is 0 Å². The van der Waals surface area contributed by atoms with E-state index in [1.807, 2.05) is 63.2 Å². The number of hydrogen-bond donors (Lipinski definition) is 0. The number of Topliss-reactive ketones (excluding diaryl/α,β-unsaturated/α-hetero) is 1. The second kappa shape index (κ2) is 9.44. The van der Waals surface area contributed by atoms with Gasteiger partial charge in [-0.05, 0) is 62.6 Å². The summed E-state index contributed by atoms with van der Waals surface area (Å²) in [6.07, 6.45) is 0.844. The molecule has 0 aliphatic heterocycles. The Bertz CT molecular complexity index is 1050. The number of rotatable bonds is 8. The van der Waals surface area contributed by atoms with Crippen LogP contribution in [-0.4, -0.2) is 30.0 Å². The monoisotopic (exact) mass is 405 g/mol. The molecule has 0 saturated carbocycles. The fraction of sp³-hybridized carbons (Fsp3) is 0.280. The number of carbonyl (C=O) groups excluding carboxylic acids is 2. The van der Waals surface area contributed by atoms with Crippen molar-refractivity contribution in [3.63, 3.8) is 0 Å². The summed E-state index contributed by atoms with van der Waals surface area (Å²) in [5.41, 5.74) is 5.00. The lowest BCUT2D eigenvalue weighted by atomic mass is 10.1. The zero-order chi connectivity index (χ0) is 21.7. The highest BCUT2D eigenvalue weighted by molar-refractivity contribution is 6.00. The molecule has 0 saturated heterocycles. The second-order valence-electron chi connectivity index (χ2n) is 7.35. The molecule has 0 amide bonds. The van der Waals surface area contributed by atoms with E-state index in [1.165, 1.54) is 5.56 Å². The van der Waals surface area contributed by atoms with E-state index in [2.05, 4.69) is 4.57 Å². The van der Waals surface area contributed by atoms with Gasteiger partial charge in [0.1, 0.15) is 5.75 Å². The third-order valence-electron chi connectivity index (χ3n) is 5.36. The molecule has 0 aliphatic carbocycles. The highest BCUT2D eigenvalue weighted by Gasteiger charge is 2.18. The van der Waals surface area contributed by atoms with Crippen LogP contribution in [0.3, 0.4) is 0 Å². The lowest BCUT2D eigenvalue weighted by Crippen LogP contribution is -2.16. The van der Waals surface area contributed by atoms with E-state index in [0.29, 0.717) is 11.1 Å². The second-order valence-corrected chi connectivity index (χ2v) is 7.35. The summed E-state index contributed by atoms with van der Waals surface area (Å²) < 4.78 is 12.6. The van der Waals surface area contributed by atoms with Crippen molar-refractivity contribution >= 4 is 11.8 Å². The third kappa shape index (κ3) is 4.79. The van der Waals surface area contributed by atoms with Gasteiger partial charge in [-0.3, -0.25) is 4.79 Å². The molecule has 0 aliphatic rings. The zero-order valence-electron chi connectivity index (χ0n) is 17.9. The maximum atomic E-state index is 12.7. The lowest BCUT2D eigenvalue weighted by molar-refractivity contribution is 0.0473. The van der Waals surface area contributed by atoms with Crippen LogP contribution in [0, 0.1) is 20.8 Å². The van der Waals surface area contributed by atoms with Crippen LogP contribution in [0.25, 0.3) is 0 Å². The minimum atomic E-state index is -0.477. The SMILES string of the molecule is COc1ccc(CCn2c(C)cc(C(=O)COC(=O)c3ccccc3C)c2C)cc1. The van der Waals surface area contributed by atoms with Gasteiger partial charge < -0.3 is 14.0 Å². The van der Waals surface area contributed by atoms with Crippen LogP contribution >= 0.6 is 0 Å². The Morgan fingerprint density at radius 3 is 2.30 bits per heavy atom. The standard InChI is InChI=1S/C25H27NO4/c1-17-7-5-6-8-22(17)25(28)30-16-24(27)23-15-18(2)26(19(23)3)14-13-20-9-11-21(29-4)12-10-20/h5-12,15H,13-14,16H2,1-4H3. The van der Waals surface area contributed by atoms with Gasteiger partial charge in [0.2, 0.25) is 5.78 Å². The molecule has 0 spiro atoms. The van der Waals surface area contributed by atoms with Crippen LogP contribution in [0.2, 0.25) is 0 Å². The molecular weight excluding hydrogens is 378 g/mol. The number of nitrogens with zero attached hydrogens (tertiary/aromatic N) is 1. The quantitative estimate of drug-likeness (QED) is 0.402. The van der Waals surface area contributed by atoms with E-state index in [1.54, 1.807) is 19.2 Å². The maximum absolute atomic E-state index is 12.7. The van der Waals surface area contributed by atoms with Gasteiger partial charge in [-0.25, -0.2) is 4.79 Å². The van der Waals surface area contributed by atoms with Gasteiger partial charge in [-0.15, -0.1) is 0 Å². The Balaban J connectivity index is 1.64. The molecule has 0 atom stereocenters. The van der Waals surface area contributed by atoms with Crippen LogP contribution in [-0.2, 0) is 17.7 Å². The number of aryl methyl sites for hydroxylation is 3. The van der Waals surface area contributed by atoms with Gasteiger partial charge in [-0.1, -0.05) is 30.3 Å². The largest absolute Gasteiger partial charge is 0.497 e. The Labute approximate surface area is 177 Å². The topological polar surface area (TPSA) is 57.5 Å². The Hall–Kier alpha value is -3.34. The average molecular weight is 405 g/mol. The molecule has 3 rings (SSSR count). The highest BCUT2D eigenvalue weighted by Crippen LogP contribution is 2.18. The molecule has 0 unspecified atom stereocenters. The van der Waals surface area contributed by atoms with E-state index in [9.17, 15) is 9.59 Å². The van der Waals surface area contributed by atoms with Crippen molar-refractivity contribution in [2.75, 3.05) is 13.7 Å². The number of benzene rings is 2. The van der Waals surface area contributed by atoms with Crippen LogP contribution < -0.4 is 4.74 Å². The van der Waals surface area contributed by atoms with Crippen LogP contribution in [0.15, 0.2) is 54.6 Å². The minimum absolute atomic E-state index is 0.194. The third-order valence-corrected chi connectivity index (χ3v) is 5.36. The Kier molecular flexibility index (Phi) is 6.72. The van der Waals surface area contributed by atoms with Crippen molar-refractivity contribution in [3.8, 4) is 5.75 Å². The smallest absolute Gasteiger partial charge is 0.338 e. The normalized spacial score (nSPS) is 10.7. The predicted octanol–water partition coefficient (Wildman–Crippen LogP) is 4.70. The highest BCUT2D eigenvalue weighted by atomic mass is 16.5. The molecule has 1 aromatic heterocycles. The summed E-state index contributed by atoms with van der Waals surface area (Å²) in [7, 11) is 1.65. The molecule has 156 valence electrons. The van der Waals surface area contributed by atoms with Crippen molar-refractivity contribution in [2.45, 2.75) is 33.7 Å². The summed E-state index contributed by atoms with van der Waals surface area (Å²) in [5.74, 6) is 0.163. The molecular formula is C25H27NO4. The van der Waals surface area contributed by atoms with Gasteiger partial charge in [0.25, 0.3) is 0 Å². The molecule has 30 heavy (non-hydrogen) atoms. The summed E-state index contributed by atoms with van der Waals surface area (Å²) in [6, 6.07) is 17.0. The Morgan fingerprint density at radius 2 is 1.63 bits per heavy atom. The summed E-state index contributed by atoms with van der Waals surface area (Å²) in [6.45, 7) is 6.25. The molecule has 1 heterocycles. The lowest BCUT2D eigenvalue weighted by Gasteiger charge is -2.11. The van der Waals surface area contributed by atoms with Crippen molar-refractivity contribution < 1.29 is 19.1 Å². The minimum Gasteiger partial charge on any atom is -0.497 e. The molecule has 0 fully saturated rings. The molecule has 2 aromatic carbocycles. The van der Waals surface area contributed by atoms with Gasteiger partial charge in [0.05, 0.1) is 12.7 Å². The first-order valence-electron chi connectivity index (χ1n) is 9.96. The molecule has 5 nitrogen and oxygen atoms in total. The van der Waals surface area contributed by atoms with Gasteiger partial charge in [0, 0.05) is 23.5 Å². The zero-order valence-corrected chi connectivity index (χ0v) is 17.9. The Morgan fingerprint density at radius 1 is 0.933 bits per heavy atom. The average Bonchev–Trinajstić information content (AvgIpc) is 3.04. The molecule has 5 heteroatoms. The molecule has 0 radical (unpaired) electrons. The van der Waals surface area contributed by atoms with E-state index >= 15 is 0 Å². The first kappa shape index (κ1) is 21.4. The van der Waals surface area contributed by atoms with Crippen molar-refractivity contribution in [1.29, 1.82) is 0 Å². The molecule has 0 N–H and O–H groups in total. The van der Waals surface area contributed by atoms with E-state index < -0.39 is 5.97 Å². The maximum Gasteiger partial charge on any atom is 0.338 e. The summed E-state index contributed by atoms with van der Waals surface area (Å²) >= 11 is 0. The number of ketones is 1. The fourth-order valence-electron chi connectivity index (χ4n) is 3.55. The predicted molar refractivity (Wildman–Crippen MR) is 116 cm³/mol. The number of carbonyl (C=O) groups is 2.